The van der Waals surface area contributed by atoms with Crippen molar-refractivity contribution in [3.05, 3.63) is 66.0 Å². The average molecular weight is 362 g/mol. The lowest BCUT2D eigenvalue weighted by molar-refractivity contribution is -0.117. The normalized spacial score (nSPS) is 17.9. The molecular weight excluding hydrogens is 343 g/mol. The number of rotatable bonds is 6. The maximum absolute atomic E-state index is 12.9. The van der Waals surface area contributed by atoms with Crippen LogP contribution in [0.1, 0.15) is 12.0 Å². The largest absolute Gasteiger partial charge is 0.312 e. The van der Waals surface area contributed by atoms with Gasteiger partial charge in [0.05, 0.1) is 5.75 Å². The van der Waals surface area contributed by atoms with Gasteiger partial charge in [0, 0.05) is 25.2 Å². The van der Waals surface area contributed by atoms with Gasteiger partial charge in [-0.25, -0.2) is 17.5 Å². The number of hydrogen-bond donors (Lipinski definition) is 1. The number of anilines is 1. The lowest BCUT2D eigenvalue weighted by Gasteiger charge is -2.17. The third kappa shape index (κ3) is 4.64. The number of hydrogen-bond acceptors (Lipinski definition) is 3. The molecule has 1 aliphatic rings. The van der Waals surface area contributed by atoms with Gasteiger partial charge in [-0.05, 0) is 35.7 Å². The Hall–Kier alpha value is -2.25. The van der Waals surface area contributed by atoms with Crippen molar-refractivity contribution < 1.29 is 17.6 Å². The number of nitrogens with zero attached hydrogens (tertiary/aromatic N) is 1. The van der Waals surface area contributed by atoms with Crippen LogP contribution in [0.2, 0.25) is 0 Å². The number of nitrogens with one attached hydrogen (secondary N) is 1. The van der Waals surface area contributed by atoms with Gasteiger partial charge >= 0.3 is 0 Å². The molecule has 1 heterocycles. The molecule has 0 spiro atoms. The second-order valence-electron chi connectivity index (χ2n) is 6.14. The minimum absolute atomic E-state index is 0.00562. The van der Waals surface area contributed by atoms with Crippen molar-refractivity contribution in [2.45, 2.75) is 12.2 Å². The molecule has 25 heavy (non-hydrogen) atoms. The molecule has 1 atom stereocenters. The predicted octanol–water partition coefficient (Wildman–Crippen LogP) is 2.30. The zero-order valence-electron chi connectivity index (χ0n) is 13.6. The van der Waals surface area contributed by atoms with E-state index in [1.807, 2.05) is 30.3 Å². The van der Waals surface area contributed by atoms with Gasteiger partial charge in [0.1, 0.15) is 5.82 Å². The fraction of sp³-hybridized carbons (Fsp3) is 0.278. The molecule has 1 aliphatic heterocycles. The first-order valence-electron chi connectivity index (χ1n) is 8.00. The predicted molar refractivity (Wildman–Crippen MR) is 93.9 cm³/mol. The number of amides is 1. The minimum atomic E-state index is -3.54. The molecule has 2 aromatic rings. The maximum atomic E-state index is 12.9. The molecule has 7 heteroatoms. The van der Waals surface area contributed by atoms with E-state index >= 15 is 0 Å². The van der Waals surface area contributed by atoms with E-state index in [0.717, 1.165) is 5.69 Å². The zero-order valence-corrected chi connectivity index (χ0v) is 14.4. The van der Waals surface area contributed by atoms with Crippen molar-refractivity contribution in [3.8, 4) is 0 Å². The highest BCUT2D eigenvalue weighted by Crippen LogP contribution is 2.24. The Bertz CT molecular complexity index is 838. The molecule has 1 fully saturated rings. The molecule has 0 aliphatic carbocycles. The number of sulfonamides is 1. The Labute approximate surface area is 146 Å². The van der Waals surface area contributed by atoms with Gasteiger partial charge in [0.15, 0.2) is 0 Å². The molecule has 1 saturated heterocycles. The molecule has 1 amide bonds. The summed E-state index contributed by atoms with van der Waals surface area (Å²) in [5, 5.41) is 0. The summed E-state index contributed by atoms with van der Waals surface area (Å²) in [6.45, 7) is 0.695. The molecule has 0 saturated carbocycles. The standard InChI is InChI=1S/C18H19FN2O3S/c19-16-8-6-14(7-9-16)13-25(23,24)20-11-15-10-18(22)21(12-15)17-4-2-1-3-5-17/h1-9,15,20H,10-13H2. The summed E-state index contributed by atoms with van der Waals surface area (Å²) in [5.74, 6) is -0.694. The first-order valence-corrected chi connectivity index (χ1v) is 9.65. The summed E-state index contributed by atoms with van der Waals surface area (Å²) in [6.07, 6.45) is 0.313. The van der Waals surface area contributed by atoms with E-state index in [-0.39, 0.29) is 24.1 Å². The van der Waals surface area contributed by atoms with Crippen LogP contribution in [0.5, 0.6) is 0 Å². The highest BCUT2D eigenvalue weighted by molar-refractivity contribution is 7.88. The van der Waals surface area contributed by atoms with Crippen LogP contribution in [0.15, 0.2) is 54.6 Å². The van der Waals surface area contributed by atoms with Crippen LogP contribution >= 0.6 is 0 Å². The number of para-hydroxylation sites is 1. The molecule has 3 rings (SSSR count). The van der Waals surface area contributed by atoms with Crippen molar-refractivity contribution in [1.82, 2.24) is 4.72 Å². The van der Waals surface area contributed by atoms with E-state index in [4.69, 9.17) is 0 Å². The van der Waals surface area contributed by atoms with Crippen molar-refractivity contribution >= 4 is 21.6 Å². The van der Waals surface area contributed by atoms with Crippen molar-refractivity contribution in [3.63, 3.8) is 0 Å². The Morgan fingerprint density at radius 1 is 1.08 bits per heavy atom. The monoisotopic (exact) mass is 362 g/mol. The van der Waals surface area contributed by atoms with Gasteiger partial charge in [-0.1, -0.05) is 30.3 Å². The summed E-state index contributed by atoms with van der Waals surface area (Å²) in [7, 11) is -3.54. The van der Waals surface area contributed by atoms with E-state index in [2.05, 4.69) is 4.72 Å². The zero-order chi connectivity index (χ0) is 17.9. The van der Waals surface area contributed by atoms with Crippen LogP contribution in [0.25, 0.3) is 0 Å². The van der Waals surface area contributed by atoms with Crippen molar-refractivity contribution in [2.24, 2.45) is 5.92 Å². The summed E-state index contributed by atoms with van der Waals surface area (Å²) < 4.78 is 39.8. The van der Waals surface area contributed by atoms with Crippen LogP contribution < -0.4 is 9.62 Å². The molecule has 2 aromatic carbocycles. The fourth-order valence-electron chi connectivity index (χ4n) is 2.87. The van der Waals surface area contributed by atoms with Crippen LogP contribution in [-0.2, 0) is 20.6 Å². The van der Waals surface area contributed by atoms with E-state index in [1.54, 1.807) is 4.90 Å². The van der Waals surface area contributed by atoms with Gasteiger partial charge in [0.25, 0.3) is 0 Å². The Kier molecular flexibility index (Phi) is 5.15. The minimum Gasteiger partial charge on any atom is -0.312 e. The van der Waals surface area contributed by atoms with Crippen molar-refractivity contribution in [2.75, 3.05) is 18.0 Å². The fourth-order valence-corrected chi connectivity index (χ4v) is 4.09. The molecule has 132 valence electrons. The maximum Gasteiger partial charge on any atom is 0.227 e. The van der Waals surface area contributed by atoms with Gasteiger partial charge in [-0.2, -0.15) is 0 Å². The Morgan fingerprint density at radius 2 is 1.76 bits per heavy atom. The smallest absolute Gasteiger partial charge is 0.227 e. The molecule has 0 radical (unpaired) electrons. The molecule has 5 nitrogen and oxygen atoms in total. The highest BCUT2D eigenvalue weighted by Gasteiger charge is 2.31. The Balaban J connectivity index is 1.56. The van der Waals surface area contributed by atoms with Gasteiger partial charge < -0.3 is 4.90 Å². The number of carbonyl (C=O) groups is 1. The Morgan fingerprint density at radius 3 is 2.44 bits per heavy atom. The van der Waals surface area contributed by atoms with E-state index in [0.29, 0.717) is 18.5 Å². The van der Waals surface area contributed by atoms with E-state index in [1.165, 1.54) is 24.3 Å². The second-order valence-corrected chi connectivity index (χ2v) is 7.95. The van der Waals surface area contributed by atoms with Gasteiger partial charge in [-0.3, -0.25) is 4.79 Å². The highest BCUT2D eigenvalue weighted by atomic mass is 32.2. The van der Waals surface area contributed by atoms with Crippen LogP contribution in [0, 0.1) is 11.7 Å². The van der Waals surface area contributed by atoms with E-state index in [9.17, 15) is 17.6 Å². The topological polar surface area (TPSA) is 66.5 Å². The number of benzene rings is 2. The van der Waals surface area contributed by atoms with Crippen LogP contribution in [-0.4, -0.2) is 27.4 Å². The summed E-state index contributed by atoms with van der Waals surface area (Å²) in [6, 6.07) is 14.7. The number of carbonyl (C=O) groups excluding carboxylic acids is 1. The summed E-state index contributed by atoms with van der Waals surface area (Å²) in [5.41, 5.74) is 1.34. The average Bonchev–Trinajstić information content (AvgIpc) is 2.97. The number of halogens is 1. The summed E-state index contributed by atoms with van der Waals surface area (Å²) >= 11 is 0. The lowest BCUT2D eigenvalue weighted by Crippen LogP contribution is -2.32. The SMILES string of the molecule is O=C1CC(CNS(=O)(=O)Cc2ccc(F)cc2)CN1c1ccccc1. The third-order valence-corrected chi connectivity index (χ3v) is 5.45. The quantitative estimate of drug-likeness (QED) is 0.857. The van der Waals surface area contributed by atoms with Crippen LogP contribution in [0.4, 0.5) is 10.1 Å². The first-order chi connectivity index (χ1) is 11.9. The third-order valence-electron chi connectivity index (χ3n) is 4.13. The molecule has 1 unspecified atom stereocenters. The van der Waals surface area contributed by atoms with Gasteiger partial charge in [0.2, 0.25) is 15.9 Å². The second kappa shape index (κ2) is 7.33. The molecule has 1 N–H and O–H groups in total. The first kappa shape index (κ1) is 17.6. The molecule has 0 bridgehead atoms. The van der Waals surface area contributed by atoms with E-state index < -0.39 is 15.8 Å². The van der Waals surface area contributed by atoms with Crippen molar-refractivity contribution in [1.29, 1.82) is 0 Å². The molecular formula is C18H19FN2O3S. The molecule has 0 aromatic heterocycles. The van der Waals surface area contributed by atoms with Gasteiger partial charge in [-0.15, -0.1) is 0 Å². The van der Waals surface area contributed by atoms with Crippen LogP contribution in [0.3, 0.4) is 0 Å². The lowest BCUT2D eigenvalue weighted by atomic mass is 10.1. The summed E-state index contributed by atoms with van der Waals surface area (Å²) in [4.78, 5) is 13.8.